The van der Waals surface area contributed by atoms with Crippen LogP contribution in [0.5, 0.6) is 0 Å². The highest BCUT2D eigenvalue weighted by Gasteiger charge is 2.06. The monoisotopic (exact) mass is 302 g/mol. The van der Waals surface area contributed by atoms with Gasteiger partial charge in [0.15, 0.2) is 5.11 Å². The van der Waals surface area contributed by atoms with Gasteiger partial charge in [-0.05, 0) is 51.5 Å². The van der Waals surface area contributed by atoms with Crippen LogP contribution in [-0.4, -0.2) is 14.9 Å². The summed E-state index contributed by atoms with van der Waals surface area (Å²) >= 11 is 5.36. The maximum atomic E-state index is 5.36. The number of hydrogen-bond acceptors (Lipinski definition) is 2. The van der Waals surface area contributed by atoms with Crippen LogP contribution in [-0.2, 0) is 13.1 Å². The molecule has 5 heteroatoms. The smallest absolute Gasteiger partial charge is 0.171 e. The molecule has 0 radical (unpaired) electrons. The van der Waals surface area contributed by atoms with Crippen molar-refractivity contribution in [1.82, 2.24) is 15.1 Å². The zero-order valence-corrected chi connectivity index (χ0v) is 13.8. The van der Waals surface area contributed by atoms with Crippen LogP contribution in [0.3, 0.4) is 0 Å². The fourth-order valence-electron chi connectivity index (χ4n) is 2.27. The minimum Gasteiger partial charge on any atom is -0.358 e. The quantitative estimate of drug-likeness (QED) is 0.850. The summed E-state index contributed by atoms with van der Waals surface area (Å²) in [5.41, 5.74) is 5.83. The summed E-state index contributed by atoms with van der Waals surface area (Å²) in [6.45, 7) is 9.90. The SMILES string of the molecule is CCn1ncc(CNC(=S)Nc2ccc(C)cc2C)c1C. The predicted octanol–water partition coefficient (Wildman–Crippen LogP) is 3.31. The molecule has 0 saturated carbocycles. The first-order valence-corrected chi connectivity index (χ1v) is 7.55. The van der Waals surface area contributed by atoms with Crippen LogP contribution in [0.15, 0.2) is 24.4 Å². The molecule has 4 nitrogen and oxygen atoms in total. The molecule has 0 bridgehead atoms. The Hall–Kier alpha value is -1.88. The molecule has 0 saturated heterocycles. The van der Waals surface area contributed by atoms with Crippen LogP contribution in [0, 0.1) is 20.8 Å². The summed E-state index contributed by atoms with van der Waals surface area (Å²) in [5, 5.41) is 11.4. The molecule has 0 amide bonds. The lowest BCUT2D eigenvalue weighted by Crippen LogP contribution is -2.28. The van der Waals surface area contributed by atoms with Crippen molar-refractivity contribution in [2.24, 2.45) is 0 Å². The molecule has 2 rings (SSSR count). The number of hydrogen-bond donors (Lipinski definition) is 2. The number of aromatic nitrogens is 2. The topological polar surface area (TPSA) is 41.9 Å². The van der Waals surface area contributed by atoms with Gasteiger partial charge in [0.1, 0.15) is 0 Å². The van der Waals surface area contributed by atoms with Gasteiger partial charge in [0.25, 0.3) is 0 Å². The Balaban J connectivity index is 1.94. The number of rotatable bonds is 4. The van der Waals surface area contributed by atoms with E-state index in [9.17, 15) is 0 Å². The first-order chi connectivity index (χ1) is 10.0. The Bertz CT molecular complexity index is 646. The second-order valence-electron chi connectivity index (χ2n) is 5.20. The van der Waals surface area contributed by atoms with Crippen LogP contribution in [0.1, 0.15) is 29.3 Å². The van der Waals surface area contributed by atoms with E-state index in [4.69, 9.17) is 12.2 Å². The summed E-state index contributed by atoms with van der Waals surface area (Å²) < 4.78 is 1.98. The summed E-state index contributed by atoms with van der Waals surface area (Å²) in [6, 6.07) is 6.27. The fraction of sp³-hybridized carbons (Fsp3) is 0.375. The lowest BCUT2D eigenvalue weighted by atomic mass is 10.1. The first kappa shape index (κ1) is 15.5. The van der Waals surface area contributed by atoms with Gasteiger partial charge in [0.2, 0.25) is 0 Å². The van der Waals surface area contributed by atoms with Crippen molar-refractivity contribution in [2.45, 2.75) is 40.8 Å². The third kappa shape index (κ3) is 3.82. The summed E-state index contributed by atoms with van der Waals surface area (Å²) in [5.74, 6) is 0. The van der Waals surface area contributed by atoms with Crippen molar-refractivity contribution in [3.8, 4) is 0 Å². The molecule has 0 fully saturated rings. The largest absolute Gasteiger partial charge is 0.358 e. The van der Waals surface area contributed by atoms with E-state index in [1.807, 2.05) is 10.9 Å². The Kier molecular flexibility index (Phi) is 4.96. The van der Waals surface area contributed by atoms with Crippen LogP contribution < -0.4 is 10.6 Å². The molecule has 0 aliphatic carbocycles. The highest BCUT2D eigenvalue weighted by molar-refractivity contribution is 7.80. The van der Waals surface area contributed by atoms with Gasteiger partial charge in [-0.15, -0.1) is 0 Å². The Morgan fingerprint density at radius 3 is 2.67 bits per heavy atom. The molecule has 0 spiro atoms. The zero-order chi connectivity index (χ0) is 15.4. The second kappa shape index (κ2) is 6.72. The minimum atomic E-state index is 0.630. The van der Waals surface area contributed by atoms with Gasteiger partial charge >= 0.3 is 0 Å². The van der Waals surface area contributed by atoms with Gasteiger partial charge in [-0.2, -0.15) is 5.10 Å². The van der Waals surface area contributed by atoms with Gasteiger partial charge in [-0.1, -0.05) is 17.7 Å². The standard InChI is InChI=1S/C16H22N4S/c1-5-20-13(4)14(10-18-20)9-17-16(21)19-15-7-6-11(2)8-12(15)3/h6-8,10H,5,9H2,1-4H3,(H2,17,19,21). The predicted molar refractivity (Wildman–Crippen MR) is 91.6 cm³/mol. The molecule has 21 heavy (non-hydrogen) atoms. The normalized spacial score (nSPS) is 10.5. The van der Waals surface area contributed by atoms with Gasteiger partial charge in [0, 0.05) is 30.0 Å². The Morgan fingerprint density at radius 1 is 1.29 bits per heavy atom. The van der Waals surface area contributed by atoms with Crippen LogP contribution in [0.25, 0.3) is 0 Å². The third-order valence-corrected chi connectivity index (χ3v) is 3.82. The van der Waals surface area contributed by atoms with Crippen LogP contribution in [0.2, 0.25) is 0 Å². The molecule has 0 unspecified atom stereocenters. The van der Waals surface area contributed by atoms with Crippen molar-refractivity contribution in [3.05, 3.63) is 46.8 Å². The van der Waals surface area contributed by atoms with Gasteiger partial charge < -0.3 is 10.6 Å². The van der Waals surface area contributed by atoms with E-state index < -0.39 is 0 Å². The number of benzene rings is 1. The summed E-state index contributed by atoms with van der Waals surface area (Å²) in [6.07, 6.45) is 1.89. The molecule has 0 aliphatic heterocycles. The first-order valence-electron chi connectivity index (χ1n) is 7.14. The van der Waals surface area contributed by atoms with E-state index >= 15 is 0 Å². The van der Waals surface area contributed by atoms with Crippen molar-refractivity contribution in [3.63, 3.8) is 0 Å². The fourth-order valence-corrected chi connectivity index (χ4v) is 2.46. The number of anilines is 1. The maximum Gasteiger partial charge on any atom is 0.171 e. The Morgan fingerprint density at radius 2 is 2.05 bits per heavy atom. The summed E-state index contributed by atoms with van der Waals surface area (Å²) in [7, 11) is 0. The zero-order valence-electron chi connectivity index (χ0n) is 13.0. The van der Waals surface area contributed by atoms with Gasteiger partial charge in [-0.25, -0.2) is 0 Å². The van der Waals surface area contributed by atoms with E-state index in [-0.39, 0.29) is 0 Å². The van der Waals surface area contributed by atoms with E-state index in [1.165, 1.54) is 22.4 Å². The number of nitrogens with one attached hydrogen (secondary N) is 2. The average Bonchev–Trinajstić information content (AvgIpc) is 2.80. The summed E-state index contributed by atoms with van der Waals surface area (Å²) in [4.78, 5) is 0. The van der Waals surface area contributed by atoms with Gasteiger partial charge in [0.05, 0.1) is 6.20 Å². The van der Waals surface area contributed by atoms with Crippen molar-refractivity contribution in [1.29, 1.82) is 0 Å². The maximum absolute atomic E-state index is 5.36. The Labute approximate surface area is 131 Å². The molecule has 1 heterocycles. The van der Waals surface area contributed by atoms with E-state index in [2.05, 4.69) is 61.6 Å². The van der Waals surface area contributed by atoms with Crippen molar-refractivity contribution in [2.75, 3.05) is 5.32 Å². The molecular weight excluding hydrogens is 280 g/mol. The van der Waals surface area contributed by atoms with Crippen LogP contribution >= 0.6 is 12.2 Å². The third-order valence-electron chi connectivity index (χ3n) is 3.57. The van der Waals surface area contributed by atoms with Crippen molar-refractivity contribution >= 4 is 23.0 Å². The molecule has 1 aromatic carbocycles. The molecule has 0 aliphatic rings. The average molecular weight is 302 g/mol. The molecule has 112 valence electrons. The van der Waals surface area contributed by atoms with Gasteiger partial charge in [-0.3, -0.25) is 4.68 Å². The lowest BCUT2D eigenvalue weighted by Gasteiger charge is -2.13. The number of thiocarbonyl (C=S) groups is 1. The molecule has 2 aromatic rings. The molecule has 1 aromatic heterocycles. The van der Waals surface area contributed by atoms with E-state index in [1.54, 1.807) is 0 Å². The molecular formula is C16H22N4S. The highest BCUT2D eigenvalue weighted by Crippen LogP contribution is 2.16. The number of nitrogens with zero attached hydrogens (tertiary/aromatic N) is 2. The van der Waals surface area contributed by atoms with E-state index in [0.717, 1.165) is 12.2 Å². The molecule has 0 atom stereocenters. The number of aryl methyl sites for hydroxylation is 3. The highest BCUT2D eigenvalue weighted by atomic mass is 32.1. The minimum absolute atomic E-state index is 0.630. The van der Waals surface area contributed by atoms with E-state index in [0.29, 0.717) is 11.7 Å². The van der Waals surface area contributed by atoms with Crippen molar-refractivity contribution < 1.29 is 0 Å². The second-order valence-corrected chi connectivity index (χ2v) is 5.61. The molecule has 2 N–H and O–H groups in total. The lowest BCUT2D eigenvalue weighted by molar-refractivity contribution is 0.638. The van der Waals surface area contributed by atoms with Crippen LogP contribution in [0.4, 0.5) is 5.69 Å².